The lowest BCUT2D eigenvalue weighted by atomic mass is 9.95. The molecule has 2 heterocycles. The van der Waals surface area contributed by atoms with E-state index in [4.69, 9.17) is 14.9 Å². The number of hydrogen-bond donors (Lipinski definition) is 3. The van der Waals surface area contributed by atoms with Gasteiger partial charge >= 0.3 is 0 Å². The zero-order chi connectivity index (χ0) is 9.26. The molecule has 2 fully saturated rings. The Kier molecular flexibility index (Phi) is 2.83. The fraction of sp³-hybridized carbons (Fsp3) is 1.00. The third-order valence-electron chi connectivity index (χ3n) is 2.93. The molecule has 0 saturated carbocycles. The molecule has 2 saturated heterocycles. The minimum Gasteiger partial charge on any atom is -0.394 e. The first-order valence-electron chi connectivity index (χ1n) is 4.97. The van der Waals surface area contributed by atoms with Gasteiger partial charge in [0.1, 0.15) is 0 Å². The molecule has 3 N–H and O–H groups in total. The van der Waals surface area contributed by atoms with Crippen LogP contribution in [0.2, 0.25) is 0 Å². The molecule has 4 nitrogen and oxygen atoms in total. The lowest BCUT2D eigenvalue weighted by molar-refractivity contribution is 0.0798. The van der Waals surface area contributed by atoms with Crippen molar-refractivity contribution in [2.75, 3.05) is 13.2 Å². The Labute approximate surface area is 77.9 Å². The van der Waals surface area contributed by atoms with Gasteiger partial charge in [-0.3, -0.25) is 0 Å². The predicted molar refractivity (Wildman–Crippen MR) is 47.4 cm³/mol. The highest BCUT2D eigenvalue weighted by molar-refractivity contribution is 4.94. The van der Waals surface area contributed by atoms with E-state index in [1.807, 2.05) is 0 Å². The molecule has 0 radical (unpaired) electrons. The summed E-state index contributed by atoms with van der Waals surface area (Å²) in [6.07, 6.45) is 3.52. The maximum absolute atomic E-state index is 9.14. The van der Waals surface area contributed by atoms with E-state index in [1.54, 1.807) is 0 Å². The maximum Gasteiger partial charge on any atom is 0.0895 e. The molecule has 0 spiro atoms. The molecule has 2 aliphatic rings. The van der Waals surface area contributed by atoms with Crippen molar-refractivity contribution in [3.63, 3.8) is 0 Å². The van der Waals surface area contributed by atoms with Crippen LogP contribution in [0, 0.1) is 0 Å². The van der Waals surface area contributed by atoms with Crippen LogP contribution in [0.4, 0.5) is 0 Å². The largest absolute Gasteiger partial charge is 0.394 e. The number of aliphatic hydroxyl groups excluding tert-OH is 2. The van der Waals surface area contributed by atoms with Gasteiger partial charge < -0.3 is 20.3 Å². The van der Waals surface area contributed by atoms with Crippen LogP contribution < -0.4 is 5.32 Å². The van der Waals surface area contributed by atoms with Crippen LogP contribution in [0.3, 0.4) is 0 Å². The SMILES string of the molecule is OCC(O)CNC1CC2CCC1O2. The average Bonchev–Trinajstić information content (AvgIpc) is 2.74. The molecule has 4 heteroatoms. The second kappa shape index (κ2) is 3.92. The van der Waals surface area contributed by atoms with Crippen molar-refractivity contribution in [1.82, 2.24) is 5.32 Å². The summed E-state index contributed by atoms with van der Waals surface area (Å²) in [4.78, 5) is 0. The van der Waals surface area contributed by atoms with Gasteiger partial charge in [-0.25, -0.2) is 0 Å². The van der Waals surface area contributed by atoms with Gasteiger partial charge in [0.15, 0.2) is 0 Å². The van der Waals surface area contributed by atoms with E-state index in [0.29, 0.717) is 24.8 Å². The number of nitrogens with one attached hydrogen (secondary N) is 1. The fourth-order valence-electron chi connectivity index (χ4n) is 2.20. The summed E-state index contributed by atoms with van der Waals surface area (Å²) >= 11 is 0. The van der Waals surface area contributed by atoms with Crippen molar-refractivity contribution in [1.29, 1.82) is 0 Å². The van der Waals surface area contributed by atoms with Crippen molar-refractivity contribution in [3.05, 3.63) is 0 Å². The molecule has 0 aliphatic carbocycles. The summed E-state index contributed by atoms with van der Waals surface area (Å²) in [6, 6.07) is 0.389. The highest BCUT2D eigenvalue weighted by atomic mass is 16.5. The van der Waals surface area contributed by atoms with Crippen molar-refractivity contribution < 1.29 is 14.9 Å². The second-order valence-electron chi connectivity index (χ2n) is 3.96. The van der Waals surface area contributed by atoms with Gasteiger partial charge in [0, 0.05) is 12.6 Å². The predicted octanol–water partition coefficient (Wildman–Crippen LogP) is -0.751. The topological polar surface area (TPSA) is 61.7 Å². The third-order valence-corrected chi connectivity index (χ3v) is 2.93. The third kappa shape index (κ3) is 2.02. The highest BCUT2D eigenvalue weighted by Crippen LogP contribution is 2.34. The molecule has 13 heavy (non-hydrogen) atoms. The standard InChI is InChI=1S/C9H17NO3/c11-5-6(12)4-10-8-3-7-1-2-9(8)13-7/h6-12H,1-5H2. The maximum atomic E-state index is 9.14. The molecule has 0 aromatic rings. The van der Waals surface area contributed by atoms with Crippen molar-refractivity contribution in [2.45, 2.75) is 43.6 Å². The summed E-state index contributed by atoms with van der Waals surface area (Å²) in [6.45, 7) is 0.294. The Hall–Kier alpha value is -0.160. The second-order valence-corrected chi connectivity index (χ2v) is 3.96. The molecule has 2 bridgehead atoms. The monoisotopic (exact) mass is 187 g/mol. The highest BCUT2D eigenvalue weighted by Gasteiger charge is 2.40. The van der Waals surface area contributed by atoms with Crippen LogP contribution in [-0.2, 0) is 4.74 Å². The van der Waals surface area contributed by atoms with Crippen LogP contribution >= 0.6 is 0 Å². The molecule has 0 amide bonds. The number of rotatable bonds is 4. The van der Waals surface area contributed by atoms with Gasteiger partial charge in [0.25, 0.3) is 0 Å². The molecular weight excluding hydrogens is 170 g/mol. The van der Waals surface area contributed by atoms with Gasteiger partial charge in [-0.1, -0.05) is 0 Å². The smallest absolute Gasteiger partial charge is 0.0895 e. The van der Waals surface area contributed by atoms with E-state index < -0.39 is 6.10 Å². The summed E-state index contributed by atoms with van der Waals surface area (Å²) in [7, 11) is 0. The first-order chi connectivity index (χ1) is 6.29. The molecule has 2 rings (SSSR count). The zero-order valence-electron chi connectivity index (χ0n) is 7.65. The van der Waals surface area contributed by atoms with Crippen molar-refractivity contribution in [2.24, 2.45) is 0 Å². The Morgan fingerprint density at radius 2 is 2.31 bits per heavy atom. The normalized spacial score (nSPS) is 39.7. The molecule has 0 aromatic heterocycles. The minimum absolute atomic E-state index is 0.172. The lowest BCUT2D eigenvalue weighted by Gasteiger charge is -2.21. The van der Waals surface area contributed by atoms with Gasteiger partial charge in [0.05, 0.1) is 24.9 Å². The van der Waals surface area contributed by atoms with E-state index >= 15 is 0 Å². The molecule has 4 unspecified atom stereocenters. The Morgan fingerprint density at radius 1 is 1.46 bits per heavy atom. The summed E-state index contributed by atoms with van der Waals surface area (Å²) in [5.74, 6) is 0. The quantitative estimate of drug-likeness (QED) is 0.542. The van der Waals surface area contributed by atoms with Crippen LogP contribution in [0.5, 0.6) is 0 Å². The summed E-state index contributed by atoms with van der Waals surface area (Å²) < 4.78 is 5.64. The van der Waals surface area contributed by atoms with E-state index in [0.717, 1.165) is 12.8 Å². The van der Waals surface area contributed by atoms with Gasteiger partial charge in [-0.05, 0) is 19.3 Å². The van der Waals surface area contributed by atoms with E-state index in [1.165, 1.54) is 6.42 Å². The average molecular weight is 187 g/mol. The zero-order valence-corrected chi connectivity index (χ0v) is 7.65. The minimum atomic E-state index is -0.640. The number of hydrogen-bond acceptors (Lipinski definition) is 4. The first kappa shape index (κ1) is 9.40. The Morgan fingerprint density at radius 3 is 2.85 bits per heavy atom. The van der Waals surface area contributed by atoms with Crippen LogP contribution in [0.15, 0.2) is 0 Å². The Bertz CT molecular complexity index is 176. The van der Waals surface area contributed by atoms with Crippen molar-refractivity contribution >= 4 is 0 Å². The molecule has 0 aromatic carbocycles. The summed E-state index contributed by atoms with van der Waals surface area (Å²) in [5, 5.41) is 21.0. The number of ether oxygens (including phenoxy) is 1. The number of aliphatic hydroxyl groups is 2. The van der Waals surface area contributed by atoms with Crippen molar-refractivity contribution in [3.8, 4) is 0 Å². The number of fused-ring (bicyclic) bond motifs is 2. The van der Waals surface area contributed by atoms with E-state index in [-0.39, 0.29) is 6.61 Å². The fourth-order valence-corrected chi connectivity index (χ4v) is 2.20. The summed E-state index contributed by atoms with van der Waals surface area (Å²) in [5.41, 5.74) is 0. The van der Waals surface area contributed by atoms with Crippen LogP contribution in [0.1, 0.15) is 19.3 Å². The first-order valence-corrected chi connectivity index (χ1v) is 4.97. The van der Waals surface area contributed by atoms with Crippen LogP contribution in [-0.4, -0.2) is 47.7 Å². The molecule has 76 valence electrons. The molecule has 4 atom stereocenters. The van der Waals surface area contributed by atoms with Gasteiger partial charge in [-0.15, -0.1) is 0 Å². The Balaban J connectivity index is 1.71. The van der Waals surface area contributed by atoms with E-state index in [9.17, 15) is 0 Å². The van der Waals surface area contributed by atoms with Gasteiger partial charge in [-0.2, -0.15) is 0 Å². The lowest BCUT2D eigenvalue weighted by Crippen LogP contribution is -2.42. The molecular formula is C9H17NO3. The van der Waals surface area contributed by atoms with E-state index in [2.05, 4.69) is 5.32 Å². The molecule has 2 aliphatic heterocycles. The van der Waals surface area contributed by atoms with Gasteiger partial charge in [0.2, 0.25) is 0 Å². The van der Waals surface area contributed by atoms with Crippen LogP contribution in [0.25, 0.3) is 0 Å².